The Balaban J connectivity index is 2.82. The maximum atomic E-state index is 12.8. The molecule has 1 aliphatic rings. The van der Waals surface area contributed by atoms with E-state index in [1.165, 1.54) is 11.0 Å². The zero-order valence-electron chi connectivity index (χ0n) is 18.1. The summed E-state index contributed by atoms with van der Waals surface area (Å²) in [6.07, 6.45) is 0.441. The Hall–Kier alpha value is -2.58. The number of ether oxygens (including phenoxy) is 2. The van der Waals surface area contributed by atoms with Crippen molar-refractivity contribution in [1.82, 2.24) is 15.5 Å². The summed E-state index contributed by atoms with van der Waals surface area (Å²) in [5, 5.41) is 5.23. The van der Waals surface area contributed by atoms with Gasteiger partial charge in [0.15, 0.2) is 5.78 Å². The van der Waals surface area contributed by atoms with Crippen LogP contribution in [0.4, 0.5) is 9.59 Å². The summed E-state index contributed by atoms with van der Waals surface area (Å²) < 4.78 is 10.2. The lowest BCUT2D eigenvalue weighted by Gasteiger charge is -2.27. The van der Waals surface area contributed by atoms with Crippen LogP contribution in [0.5, 0.6) is 0 Å². The molecule has 0 radical (unpaired) electrons. The summed E-state index contributed by atoms with van der Waals surface area (Å²) in [5.74, 6) is -0.694. The van der Waals surface area contributed by atoms with Crippen molar-refractivity contribution < 1.29 is 28.7 Å². The van der Waals surface area contributed by atoms with Crippen molar-refractivity contribution in [1.29, 1.82) is 0 Å². The molecular formula is C20H33N3O6. The molecule has 2 N–H and O–H groups in total. The predicted octanol–water partition coefficient (Wildman–Crippen LogP) is 2.01. The first-order valence-electron chi connectivity index (χ1n) is 9.72. The molecule has 0 aromatic carbocycles. The van der Waals surface area contributed by atoms with E-state index in [0.717, 1.165) is 0 Å². The zero-order chi connectivity index (χ0) is 22.4. The minimum absolute atomic E-state index is 0.0313. The SMILES string of the molecule is C=CCOC(=O)N1CC(=O)[C@@H](NC(=O)[C@H](CC(C)C)NC(=O)OC(C)(C)C)[C@@H]1C. The summed E-state index contributed by atoms with van der Waals surface area (Å²) in [6, 6.07) is -2.33. The van der Waals surface area contributed by atoms with E-state index in [1.807, 2.05) is 13.8 Å². The van der Waals surface area contributed by atoms with Gasteiger partial charge in [-0.1, -0.05) is 26.5 Å². The molecular weight excluding hydrogens is 378 g/mol. The highest BCUT2D eigenvalue weighted by Gasteiger charge is 2.43. The van der Waals surface area contributed by atoms with Gasteiger partial charge in [-0.3, -0.25) is 14.5 Å². The number of hydrogen-bond donors (Lipinski definition) is 2. The number of nitrogens with one attached hydrogen (secondary N) is 2. The highest BCUT2D eigenvalue weighted by molar-refractivity contribution is 5.97. The molecule has 1 heterocycles. The third-order valence-electron chi connectivity index (χ3n) is 4.22. The normalized spacial score (nSPS) is 20.2. The van der Waals surface area contributed by atoms with E-state index in [2.05, 4.69) is 17.2 Å². The van der Waals surface area contributed by atoms with Gasteiger partial charge in [0, 0.05) is 0 Å². The number of hydrogen-bond acceptors (Lipinski definition) is 6. The van der Waals surface area contributed by atoms with Crippen LogP contribution >= 0.6 is 0 Å². The highest BCUT2D eigenvalue weighted by atomic mass is 16.6. The van der Waals surface area contributed by atoms with Crippen LogP contribution in [0.3, 0.4) is 0 Å². The largest absolute Gasteiger partial charge is 0.445 e. The van der Waals surface area contributed by atoms with E-state index >= 15 is 0 Å². The Morgan fingerprint density at radius 2 is 1.93 bits per heavy atom. The molecule has 164 valence electrons. The van der Waals surface area contributed by atoms with Gasteiger partial charge in [0.05, 0.1) is 12.6 Å². The van der Waals surface area contributed by atoms with Gasteiger partial charge >= 0.3 is 12.2 Å². The smallest absolute Gasteiger partial charge is 0.410 e. The van der Waals surface area contributed by atoms with Crippen molar-refractivity contribution in [3.63, 3.8) is 0 Å². The molecule has 0 aromatic rings. The molecule has 3 atom stereocenters. The lowest BCUT2D eigenvalue weighted by Crippen LogP contribution is -2.54. The molecule has 1 rings (SSSR count). The summed E-state index contributed by atoms with van der Waals surface area (Å²) in [6.45, 7) is 14.0. The number of nitrogens with zero attached hydrogens (tertiary/aromatic N) is 1. The Morgan fingerprint density at radius 1 is 1.31 bits per heavy atom. The molecule has 3 amide bonds. The Bertz CT molecular complexity index is 641. The first-order valence-corrected chi connectivity index (χ1v) is 9.72. The van der Waals surface area contributed by atoms with E-state index in [4.69, 9.17) is 9.47 Å². The van der Waals surface area contributed by atoms with Crippen LogP contribution < -0.4 is 10.6 Å². The molecule has 1 aliphatic heterocycles. The molecule has 1 saturated heterocycles. The zero-order valence-corrected chi connectivity index (χ0v) is 18.1. The number of alkyl carbamates (subject to hydrolysis) is 1. The second kappa shape index (κ2) is 10.3. The molecule has 0 aliphatic carbocycles. The monoisotopic (exact) mass is 411 g/mol. The Morgan fingerprint density at radius 3 is 2.45 bits per heavy atom. The van der Waals surface area contributed by atoms with Gasteiger partial charge in [-0.2, -0.15) is 0 Å². The lowest BCUT2D eigenvalue weighted by molar-refractivity contribution is -0.128. The fourth-order valence-corrected chi connectivity index (χ4v) is 2.91. The second-order valence-electron chi connectivity index (χ2n) is 8.52. The van der Waals surface area contributed by atoms with E-state index in [0.29, 0.717) is 6.42 Å². The van der Waals surface area contributed by atoms with E-state index in [9.17, 15) is 19.2 Å². The number of amides is 3. The van der Waals surface area contributed by atoms with Crippen LogP contribution in [0.15, 0.2) is 12.7 Å². The van der Waals surface area contributed by atoms with Crippen molar-refractivity contribution in [2.24, 2.45) is 5.92 Å². The van der Waals surface area contributed by atoms with Gasteiger partial charge in [0.2, 0.25) is 5.91 Å². The first-order chi connectivity index (χ1) is 13.4. The molecule has 0 unspecified atom stereocenters. The molecule has 29 heavy (non-hydrogen) atoms. The molecule has 1 fully saturated rings. The van der Waals surface area contributed by atoms with Gasteiger partial charge in [-0.15, -0.1) is 0 Å². The van der Waals surface area contributed by atoms with Crippen LogP contribution in [0.1, 0.15) is 48.0 Å². The second-order valence-corrected chi connectivity index (χ2v) is 8.52. The minimum Gasteiger partial charge on any atom is -0.445 e. The van der Waals surface area contributed by atoms with Crippen molar-refractivity contribution in [2.75, 3.05) is 13.2 Å². The van der Waals surface area contributed by atoms with E-state index < -0.39 is 41.8 Å². The van der Waals surface area contributed by atoms with Crippen LogP contribution in [-0.2, 0) is 19.1 Å². The summed E-state index contributed by atoms with van der Waals surface area (Å²) in [7, 11) is 0. The maximum Gasteiger partial charge on any atom is 0.410 e. The number of carbonyl (C=O) groups excluding carboxylic acids is 4. The van der Waals surface area contributed by atoms with Crippen molar-refractivity contribution in [2.45, 2.75) is 71.7 Å². The lowest BCUT2D eigenvalue weighted by atomic mass is 10.0. The van der Waals surface area contributed by atoms with Gasteiger partial charge in [0.1, 0.15) is 24.3 Å². The molecule has 0 aromatic heterocycles. The topological polar surface area (TPSA) is 114 Å². The van der Waals surface area contributed by atoms with Crippen molar-refractivity contribution in [3.8, 4) is 0 Å². The third kappa shape index (κ3) is 7.75. The molecule has 0 saturated carbocycles. The number of rotatable bonds is 7. The van der Waals surface area contributed by atoms with Gasteiger partial charge in [-0.25, -0.2) is 9.59 Å². The standard InChI is InChI=1S/C20H33N3O6/c1-8-9-28-19(27)23-11-15(24)16(13(23)4)22-17(25)14(10-12(2)3)21-18(26)29-20(5,6)7/h8,12-14,16H,1,9-11H2,2-7H3,(H,21,26)(H,22,25)/t13-,14-,16-/m0/s1. The van der Waals surface area contributed by atoms with Crippen molar-refractivity contribution in [3.05, 3.63) is 12.7 Å². The number of carbonyl (C=O) groups is 4. The number of likely N-dealkylation sites (tertiary alicyclic amines) is 1. The van der Waals surface area contributed by atoms with E-state index in [-0.39, 0.29) is 24.9 Å². The van der Waals surface area contributed by atoms with E-state index in [1.54, 1.807) is 27.7 Å². The highest BCUT2D eigenvalue weighted by Crippen LogP contribution is 2.17. The molecule has 9 heteroatoms. The fourth-order valence-electron chi connectivity index (χ4n) is 2.91. The molecule has 9 nitrogen and oxygen atoms in total. The minimum atomic E-state index is -0.881. The Labute approximate surface area is 172 Å². The van der Waals surface area contributed by atoms with Crippen LogP contribution in [0.2, 0.25) is 0 Å². The average Bonchev–Trinajstić information content (AvgIpc) is 2.85. The van der Waals surface area contributed by atoms with Gasteiger partial charge in [0.25, 0.3) is 0 Å². The summed E-state index contributed by atoms with van der Waals surface area (Å²) in [5.41, 5.74) is -0.703. The van der Waals surface area contributed by atoms with Crippen LogP contribution in [-0.4, -0.2) is 65.7 Å². The van der Waals surface area contributed by atoms with Gasteiger partial charge in [-0.05, 0) is 40.0 Å². The van der Waals surface area contributed by atoms with Crippen LogP contribution in [0, 0.1) is 5.92 Å². The Kier molecular flexibility index (Phi) is 8.66. The third-order valence-corrected chi connectivity index (χ3v) is 4.22. The van der Waals surface area contributed by atoms with Crippen LogP contribution in [0.25, 0.3) is 0 Å². The average molecular weight is 411 g/mol. The predicted molar refractivity (Wildman–Crippen MR) is 107 cm³/mol. The molecule has 0 spiro atoms. The number of Topliss-reactive ketones (excluding diaryl/α,β-unsaturated/α-hetero) is 1. The summed E-state index contributed by atoms with van der Waals surface area (Å²) in [4.78, 5) is 50.6. The fraction of sp³-hybridized carbons (Fsp3) is 0.700. The van der Waals surface area contributed by atoms with Crippen molar-refractivity contribution >= 4 is 23.9 Å². The maximum absolute atomic E-state index is 12.8. The quantitative estimate of drug-likeness (QED) is 0.620. The summed E-state index contributed by atoms with van der Waals surface area (Å²) >= 11 is 0. The van der Waals surface area contributed by atoms with Gasteiger partial charge < -0.3 is 20.1 Å². The first kappa shape index (κ1) is 24.5. The molecule has 0 bridgehead atoms. The number of ketones is 1.